The van der Waals surface area contributed by atoms with E-state index in [9.17, 15) is 0 Å². The van der Waals surface area contributed by atoms with Gasteiger partial charge in [-0.25, -0.2) is 0 Å². The third-order valence-corrected chi connectivity index (χ3v) is 2.55. The molecule has 0 aromatic carbocycles. The summed E-state index contributed by atoms with van der Waals surface area (Å²) in [6, 6.07) is 3.88. The largest absolute Gasteiger partial charge is 0.472 e. The highest BCUT2D eigenvalue weighted by atomic mass is 16.5. The Morgan fingerprint density at radius 3 is 2.79 bits per heavy atom. The van der Waals surface area contributed by atoms with Crippen molar-refractivity contribution in [3.63, 3.8) is 0 Å². The van der Waals surface area contributed by atoms with Crippen LogP contribution in [0.15, 0.2) is 12.1 Å². The molecule has 2 rings (SSSR count). The Hall–Kier alpha value is -1.16. The number of nitrogens with two attached hydrogens (primary N) is 1. The number of nitrogens with zero attached hydrogens (tertiary/aromatic N) is 2. The number of ether oxygens (including phenoxy) is 1. The fourth-order valence-electron chi connectivity index (χ4n) is 1.71. The van der Waals surface area contributed by atoms with E-state index < -0.39 is 0 Å². The second kappa shape index (κ2) is 3.92. The molecule has 2 unspecified atom stereocenters. The van der Waals surface area contributed by atoms with Crippen LogP contribution >= 0.6 is 0 Å². The average molecular weight is 193 g/mol. The Balaban J connectivity index is 2.00. The van der Waals surface area contributed by atoms with Gasteiger partial charge in [0.1, 0.15) is 6.10 Å². The van der Waals surface area contributed by atoms with Crippen molar-refractivity contribution in [3.05, 3.63) is 17.8 Å². The van der Waals surface area contributed by atoms with Gasteiger partial charge in [0.25, 0.3) is 0 Å². The monoisotopic (exact) mass is 193 g/mol. The molecule has 1 fully saturated rings. The van der Waals surface area contributed by atoms with E-state index in [1.807, 2.05) is 19.1 Å². The minimum atomic E-state index is 0.118. The molecule has 1 aromatic rings. The highest BCUT2D eigenvalue weighted by Gasteiger charge is 2.25. The minimum Gasteiger partial charge on any atom is -0.472 e. The maximum atomic E-state index is 5.88. The van der Waals surface area contributed by atoms with Crippen molar-refractivity contribution < 1.29 is 4.74 Å². The van der Waals surface area contributed by atoms with Gasteiger partial charge in [0.15, 0.2) is 0 Å². The van der Waals surface area contributed by atoms with Crippen LogP contribution < -0.4 is 10.5 Å². The zero-order valence-corrected chi connectivity index (χ0v) is 8.31. The number of rotatable bonds is 2. The van der Waals surface area contributed by atoms with Crippen LogP contribution in [0.1, 0.15) is 25.0 Å². The van der Waals surface area contributed by atoms with Crippen LogP contribution in [0.25, 0.3) is 0 Å². The van der Waals surface area contributed by atoms with Gasteiger partial charge in [0.2, 0.25) is 5.88 Å². The van der Waals surface area contributed by atoms with Crippen molar-refractivity contribution in [1.29, 1.82) is 0 Å². The molecule has 4 nitrogen and oxygen atoms in total. The van der Waals surface area contributed by atoms with Crippen molar-refractivity contribution in [2.45, 2.75) is 38.3 Å². The fourth-order valence-corrected chi connectivity index (χ4v) is 1.71. The summed E-state index contributed by atoms with van der Waals surface area (Å²) in [6.07, 6.45) is 3.33. The molecule has 76 valence electrons. The van der Waals surface area contributed by atoms with Crippen LogP contribution in [-0.4, -0.2) is 22.3 Å². The molecule has 1 saturated carbocycles. The Kier molecular flexibility index (Phi) is 2.63. The molecule has 1 aromatic heterocycles. The van der Waals surface area contributed by atoms with Gasteiger partial charge in [-0.3, -0.25) is 0 Å². The standard InChI is InChI=1S/C10H15N3O/c1-7-5-6-10(13-12-7)14-9-4-2-3-8(9)11/h5-6,8-9H,2-4,11H2,1H3. The Labute approximate surface area is 83.5 Å². The van der Waals surface area contributed by atoms with Gasteiger partial charge in [-0.15, -0.1) is 5.10 Å². The molecule has 0 bridgehead atoms. The van der Waals surface area contributed by atoms with Crippen molar-refractivity contribution in [3.8, 4) is 5.88 Å². The molecule has 1 aliphatic carbocycles. The Morgan fingerprint density at radius 2 is 2.21 bits per heavy atom. The molecule has 0 aliphatic heterocycles. The van der Waals surface area contributed by atoms with E-state index in [0.29, 0.717) is 5.88 Å². The lowest BCUT2D eigenvalue weighted by Gasteiger charge is -2.16. The van der Waals surface area contributed by atoms with Gasteiger partial charge >= 0.3 is 0 Å². The lowest BCUT2D eigenvalue weighted by Crippen LogP contribution is -2.33. The summed E-state index contributed by atoms with van der Waals surface area (Å²) in [4.78, 5) is 0. The van der Waals surface area contributed by atoms with Crippen molar-refractivity contribution >= 4 is 0 Å². The molecule has 14 heavy (non-hydrogen) atoms. The normalized spacial score (nSPS) is 26.4. The molecule has 0 radical (unpaired) electrons. The summed E-state index contributed by atoms with van der Waals surface area (Å²) in [6.45, 7) is 1.90. The maximum Gasteiger partial charge on any atom is 0.233 e. The predicted molar refractivity (Wildman–Crippen MR) is 53.0 cm³/mol. The van der Waals surface area contributed by atoms with Gasteiger partial charge in [-0.05, 0) is 32.3 Å². The summed E-state index contributed by atoms with van der Waals surface area (Å²) in [5.74, 6) is 0.581. The van der Waals surface area contributed by atoms with E-state index in [1.165, 1.54) is 0 Å². The molecular weight excluding hydrogens is 178 g/mol. The van der Waals surface area contributed by atoms with E-state index in [-0.39, 0.29) is 12.1 Å². The third kappa shape index (κ3) is 2.01. The average Bonchev–Trinajstić information content (AvgIpc) is 2.56. The Morgan fingerprint density at radius 1 is 1.36 bits per heavy atom. The quantitative estimate of drug-likeness (QED) is 0.762. The van der Waals surface area contributed by atoms with Crippen molar-refractivity contribution in [1.82, 2.24) is 10.2 Å². The van der Waals surface area contributed by atoms with E-state index in [1.54, 1.807) is 0 Å². The highest BCUT2D eigenvalue weighted by Crippen LogP contribution is 2.21. The smallest absolute Gasteiger partial charge is 0.233 e. The lowest BCUT2D eigenvalue weighted by atomic mass is 10.2. The number of aryl methyl sites for hydroxylation is 1. The van der Waals surface area contributed by atoms with Crippen molar-refractivity contribution in [2.75, 3.05) is 0 Å². The summed E-state index contributed by atoms with van der Waals surface area (Å²) >= 11 is 0. The first-order chi connectivity index (χ1) is 6.75. The molecule has 2 N–H and O–H groups in total. The first-order valence-corrected chi connectivity index (χ1v) is 4.98. The SMILES string of the molecule is Cc1ccc(OC2CCCC2N)nn1. The molecule has 0 spiro atoms. The van der Waals surface area contributed by atoms with Gasteiger partial charge in [-0.2, -0.15) is 5.10 Å². The second-order valence-corrected chi connectivity index (χ2v) is 3.76. The third-order valence-electron chi connectivity index (χ3n) is 2.55. The molecule has 1 heterocycles. The van der Waals surface area contributed by atoms with Crippen LogP contribution in [0.2, 0.25) is 0 Å². The van der Waals surface area contributed by atoms with Gasteiger partial charge in [0.05, 0.1) is 5.69 Å². The first kappa shape index (κ1) is 9.40. The molecule has 0 amide bonds. The van der Waals surface area contributed by atoms with E-state index in [0.717, 1.165) is 25.0 Å². The highest BCUT2D eigenvalue weighted by molar-refractivity contribution is 5.11. The van der Waals surface area contributed by atoms with Crippen LogP contribution in [0.5, 0.6) is 5.88 Å². The van der Waals surface area contributed by atoms with Crippen molar-refractivity contribution in [2.24, 2.45) is 5.73 Å². The molecule has 0 saturated heterocycles. The molecule has 2 atom stereocenters. The number of hydrogen-bond acceptors (Lipinski definition) is 4. The summed E-state index contributed by atoms with van der Waals surface area (Å²) in [5, 5.41) is 7.88. The zero-order chi connectivity index (χ0) is 9.97. The second-order valence-electron chi connectivity index (χ2n) is 3.76. The zero-order valence-electron chi connectivity index (χ0n) is 8.31. The summed E-state index contributed by atoms with van der Waals surface area (Å²) < 4.78 is 5.64. The predicted octanol–water partition coefficient (Wildman–Crippen LogP) is 1.04. The van der Waals surface area contributed by atoms with Crippen LogP contribution in [0, 0.1) is 6.92 Å². The van der Waals surface area contributed by atoms with Crippen LogP contribution in [-0.2, 0) is 0 Å². The maximum absolute atomic E-state index is 5.88. The van der Waals surface area contributed by atoms with E-state index >= 15 is 0 Å². The van der Waals surface area contributed by atoms with Crippen LogP contribution in [0.4, 0.5) is 0 Å². The lowest BCUT2D eigenvalue weighted by molar-refractivity contribution is 0.181. The molecular formula is C10H15N3O. The minimum absolute atomic E-state index is 0.118. The molecule has 4 heteroatoms. The van der Waals surface area contributed by atoms with E-state index in [4.69, 9.17) is 10.5 Å². The summed E-state index contributed by atoms with van der Waals surface area (Å²) in [5.41, 5.74) is 6.78. The van der Waals surface area contributed by atoms with Gasteiger partial charge in [0, 0.05) is 12.1 Å². The van der Waals surface area contributed by atoms with E-state index in [2.05, 4.69) is 10.2 Å². The Bertz CT molecular complexity index is 299. The number of aromatic nitrogens is 2. The van der Waals surface area contributed by atoms with Gasteiger partial charge < -0.3 is 10.5 Å². The first-order valence-electron chi connectivity index (χ1n) is 4.98. The van der Waals surface area contributed by atoms with Gasteiger partial charge in [-0.1, -0.05) is 0 Å². The molecule has 1 aliphatic rings. The van der Waals surface area contributed by atoms with Crippen LogP contribution in [0.3, 0.4) is 0 Å². The topological polar surface area (TPSA) is 61.0 Å². The summed E-state index contributed by atoms with van der Waals surface area (Å²) in [7, 11) is 0. The fraction of sp³-hybridized carbons (Fsp3) is 0.600. The number of hydrogen-bond donors (Lipinski definition) is 1.